The largest absolute Gasteiger partial charge is 0.417 e. The molecule has 2 heterocycles. The van der Waals surface area contributed by atoms with Gasteiger partial charge >= 0.3 is 5.76 Å². The van der Waals surface area contributed by atoms with Crippen molar-refractivity contribution in [3.63, 3.8) is 0 Å². The maximum absolute atomic E-state index is 11.0. The molecule has 0 atom stereocenters. The molecule has 0 radical (unpaired) electrons. The highest BCUT2D eigenvalue weighted by Crippen LogP contribution is 2.25. The first-order valence-electron chi connectivity index (χ1n) is 4.56. The summed E-state index contributed by atoms with van der Waals surface area (Å²) in [5.41, 5.74) is 8.46. The number of nitrogens with one attached hydrogen (secondary N) is 1. The quantitative estimate of drug-likeness (QED) is 0.671. The Labute approximate surface area is 93.5 Å². The Morgan fingerprint density at radius 1 is 1.44 bits per heavy atom. The Kier molecular flexibility index (Phi) is 1.84. The van der Waals surface area contributed by atoms with Crippen LogP contribution in [-0.4, -0.2) is 9.97 Å². The molecule has 0 aliphatic carbocycles. The van der Waals surface area contributed by atoms with Crippen molar-refractivity contribution in [1.82, 2.24) is 9.97 Å². The smallest absolute Gasteiger partial charge is 0.408 e. The molecule has 1 aromatic carbocycles. The molecule has 0 fully saturated rings. The molecule has 6 heteroatoms. The van der Waals surface area contributed by atoms with Crippen LogP contribution < -0.4 is 11.5 Å². The molecule has 0 amide bonds. The van der Waals surface area contributed by atoms with Crippen molar-refractivity contribution in [1.29, 1.82) is 0 Å². The lowest BCUT2D eigenvalue weighted by molar-refractivity contribution is 0.555. The Morgan fingerprint density at radius 3 is 3.06 bits per heavy atom. The van der Waals surface area contributed by atoms with Crippen molar-refractivity contribution in [3.8, 4) is 11.3 Å². The summed E-state index contributed by atoms with van der Waals surface area (Å²) >= 11 is 1.38. The summed E-state index contributed by atoms with van der Waals surface area (Å²) in [5.74, 6) is -0.454. The minimum Gasteiger partial charge on any atom is -0.408 e. The predicted octanol–water partition coefficient (Wildman–Crippen LogP) is 1.83. The maximum Gasteiger partial charge on any atom is 0.417 e. The molecule has 2 aromatic heterocycles. The molecule has 3 N–H and O–H groups in total. The highest BCUT2D eigenvalue weighted by molar-refractivity contribution is 7.13. The molecular formula is C10H7N3O2S. The Balaban J connectivity index is 2.21. The number of nitrogen functional groups attached to an aromatic ring is 1. The van der Waals surface area contributed by atoms with Crippen LogP contribution in [0.2, 0.25) is 0 Å². The van der Waals surface area contributed by atoms with Gasteiger partial charge < -0.3 is 10.2 Å². The Hall–Kier alpha value is -2.08. The van der Waals surface area contributed by atoms with Gasteiger partial charge in [-0.25, -0.2) is 9.78 Å². The van der Waals surface area contributed by atoms with Crippen LogP contribution in [-0.2, 0) is 0 Å². The third-order valence-corrected chi connectivity index (χ3v) is 2.91. The first kappa shape index (κ1) is 9.17. The van der Waals surface area contributed by atoms with Gasteiger partial charge in [0.05, 0.1) is 11.2 Å². The summed E-state index contributed by atoms with van der Waals surface area (Å²) in [7, 11) is 0. The zero-order valence-electron chi connectivity index (χ0n) is 8.06. The Morgan fingerprint density at radius 2 is 2.31 bits per heavy atom. The molecule has 0 unspecified atom stereocenters. The van der Waals surface area contributed by atoms with Crippen LogP contribution in [0.15, 0.2) is 32.8 Å². The molecular weight excluding hydrogens is 226 g/mol. The second-order valence-corrected chi connectivity index (χ2v) is 4.19. The number of hydrogen-bond acceptors (Lipinski definition) is 5. The number of aromatic amines is 1. The van der Waals surface area contributed by atoms with Crippen molar-refractivity contribution in [2.75, 3.05) is 5.73 Å². The van der Waals surface area contributed by atoms with Gasteiger partial charge in [0.15, 0.2) is 10.7 Å². The number of thiazole rings is 1. The van der Waals surface area contributed by atoms with E-state index in [0.29, 0.717) is 16.2 Å². The highest BCUT2D eigenvalue weighted by Gasteiger charge is 2.06. The molecule has 0 spiro atoms. The second kappa shape index (κ2) is 3.21. The van der Waals surface area contributed by atoms with Gasteiger partial charge in [0, 0.05) is 10.9 Å². The van der Waals surface area contributed by atoms with Crippen LogP contribution in [0.4, 0.5) is 5.13 Å². The van der Waals surface area contributed by atoms with Crippen molar-refractivity contribution < 1.29 is 4.42 Å². The van der Waals surface area contributed by atoms with Crippen LogP contribution in [0.1, 0.15) is 0 Å². The average Bonchev–Trinajstić information content (AvgIpc) is 2.81. The number of hydrogen-bond donors (Lipinski definition) is 2. The van der Waals surface area contributed by atoms with E-state index < -0.39 is 5.76 Å². The molecule has 3 rings (SSSR count). The molecule has 0 aliphatic rings. The highest BCUT2D eigenvalue weighted by atomic mass is 32.1. The minimum absolute atomic E-state index is 0.454. The molecule has 0 bridgehead atoms. The van der Waals surface area contributed by atoms with Crippen LogP contribution in [0.3, 0.4) is 0 Å². The number of nitrogens with two attached hydrogens (primary N) is 1. The van der Waals surface area contributed by atoms with Crippen LogP contribution in [0.5, 0.6) is 0 Å². The molecule has 16 heavy (non-hydrogen) atoms. The van der Waals surface area contributed by atoms with E-state index in [1.165, 1.54) is 11.3 Å². The number of oxazole rings is 1. The van der Waals surface area contributed by atoms with E-state index in [1.54, 1.807) is 6.07 Å². The van der Waals surface area contributed by atoms with Crippen molar-refractivity contribution in [3.05, 3.63) is 34.1 Å². The molecule has 0 saturated carbocycles. The number of nitrogens with zero attached hydrogens (tertiary/aromatic N) is 1. The number of rotatable bonds is 1. The summed E-state index contributed by atoms with van der Waals surface area (Å²) in [4.78, 5) is 17.8. The van der Waals surface area contributed by atoms with Gasteiger partial charge in [-0.15, -0.1) is 11.3 Å². The van der Waals surface area contributed by atoms with Gasteiger partial charge in [-0.2, -0.15) is 0 Å². The van der Waals surface area contributed by atoms with Gasteiger partial charge in [0.25, 0.3) is 0 Å². The van der Waals surface area contributed by atoms with Crippen molar-refractivity contribution >= 4 is 27.6 Å². The first-order chi connectivity index (χ1) is 7.72. The van der Waals surface area contributed by atoms with E-state index in [0.717, 1.165) is 11.3 Å². The zero-order valence-corrected chi connectivity index (χ0v) is 8.88. The third-order valence-electron chi connectivity index (χ3n) is 2.24. The third kappa shape index (κ3) is 1.40. The molecule has 3 aromatic rings. The van der Waals surface area contributed by atoms with Gasteiger partial charge in [-0.05, 0) is 18.2 Å². The van der Waals surface area contributed by atoms with Gasteiger partial charge in [-0.3, -0.25) is 4.98 Å². The summed E-state index contributed by atoms with van der Waals surface area (Å²) < 4.78 is 4.91. The summed E-state index contributed by atoms with van der Waals surface area (Å²) in [6, 6.07) is 5.39. The minimum atomic E-state index is -0.454. The van der Waals surface area contributed by atoms with E-state index in [1.807, 2.05) is 17.5 Å². The van der Waals surface area contributed by atoms with Gasteiger partial charge in [0.1, 0.15) is 0 Å². The van der Waals surface area contributed by atoms with Crippen LogP contribution in [0, 0.1) is 0 Å². The summed E-state index contributed by atoms with van der Waals surface area (Å²) in [6.07, 6.45) is 0. The number of fused-ring (bicyclic) bond motifs is 1. The van der Waals surface area contributed by atoms with Crippen molar-refractivity contribution in [2.24, 2.45) is 0 Å². The summed E-state index contributed by atoms with van der Waals surface area (Å²) in [6.45, 7) is 0. The number of aromatic nitrogens is 2. The molecule has 0 aliphatic heterocycles. The number of anilines is 1. The van der Waals surface area contributed by atoms with Gasteiger partial charge in [0.2, 0.25) is 0 Å². The standard InChI is InChI=1S/C10H7N3O2S/c11-9-12-7(4-16-9)5-1-2-8-6(3-5)13-10(14)15-8/h1-4H,(H2,11,12)(H,13,14). The zero-order chi connectivity index (χ0) is 11.1. The van der Waals surface area contributed by atoms with E-state index in [9.17, 15) is 4.79 Å². The fraction of sp³-hybridized carbons (Fsp3) is 0. The second-order valence-electron chi connectivity index (χ2n) is 3.30. The predicted molar refractivity (Wildman–Crippen MR) is 62.4 cm³/mol. The lowest BCUT2D eigenvalue weighted by Crippen LogP contribution is -1.92. The monoisotopic (exact) mass is 233 g/mol. The van der Waals surface area contributed by atoms with Crippen molar-refractivity contribution in [2.45, 2.75) is 0 Å². The summed E-state index contributed by atoms with van der Waals surface area (Å²) in [5, 5.41) is 2.39. The molecule has 80 valence electrons. The van der Waals surface area contributed by atoms with E-state index >= 15 is 0 Å². The van der Waals surface area contributed by atoms with E-state index in [4.69, 9.17) is 10.2 Å². The van der Waals surface area contributed by atoms with E-state index in [-0.39, 0.29) is 0 Å². The Bertz CT molecular complexity index is 710. The fourth-order valence-electron chi connectivity index (χ4n) is 1.53. The molecule has 0 saturated heterocycles. The fourth-order valence-corrected chi connectivity index (χ4v) is 2.10. The average molecular weight is 233 g/mol. The van der Waals surface area contributed by atoms with E-state index in [2.05, 4.69) is 9.97 Å². The lowest BCUT2D eigenvalue weighted by atomic mass is 10.1. The molecule has 5 nitrogen and oxygen atoms in total. The maximum atomic E-state index is 11.0. The van der Waals surface area contributed by atoms with Gasteiger partial charge in [-0.1, -0.05) is 0 Å². The first-order valence-corrected chi connectivity index (χ1v) is 5.44. The number of benzene rings is 1. The SMILES string of the molecule is Nc1nc(-c2ccc3oc(=O)[nH]c3c2)cs1. The topological polar surface area (TPSA) is 84.9 Å². The van der Waals surface area contributed by atoms with Crippen LogP contribution >= 0.6 is 11.3 Å². The van der Waals surface area contributed by atoms with Crippen LogP contribution in [0.25, 0.3) is 22.4 Å². The normalized spacial score (nSPS) is 11.0. The number of H-pyrrole nitrogens is 1. The lowest BCUT2D eigenvalue weighted by Gasteiger charge is -1.95.